The maximum absolute atomic E-state index is 13.5. The quantitative estimate of drug-likeness (QED) is 0.696. The van der Waals surface area contributed by atoms with Gasteiger partial charge in [0.25, 0.3) is 11.8 Å². The molecule has 178 valence electrons. The lowest BCUT2D eigenvalue weighted by atomic mass is 10.1. The van der Waals surface area contributed by atoms with Crippen LogP contribution in [0.25, 0.3) is 10.4 Å². The van der Waals surface area contributed by atoms with E-state index in [1.165, 1.54) is 11.3 Å². The first-order chi connectivity index (χ1) is 15.5. The molecule has 4 rings (SSSR count). The molecule has 4 heterocycles. The molecule has 2 saturated heterocycles. The molecule has 2 fully saturated rings. The fourth-order valence-electron chi connectivity index (χ4n) is 4.40. The van der Waals surface area contributed by atoms with Crippen molar-refractivity contribution in [1.82, 2.24) is 25.1 Å². The number of likely N-dealkylation sites (tertiary alicyclic amines) is 2. The number of pyridine rings is 1. The molecule has 0 aromatic carbocycles. The molecule has 0 bridgehead atoms. The second kappa shape index (κ2) is 9.02. The SMILES string of the molecule is Cc1cc(NC(C)(C)C)ncc1-c1sc(C(=O)NC2CN(C)C2)nc1C(=O)N1CCC[C@@H]1C. The van der Waals surface area contributed by atoms with Crippen LogP contribution in [0.4, 0.5) is 5.82 Å². The number of carbonyl (C=O) groups is 2. The van der Waals surface area contributed by atoms with E-state index in [9.17, 15) is 9.59 Å². The Hall–Kier alpha value is -2.52. The highest BCUT2D eigenvalue weighted by atomic mass is 32.1. The Bertz CT molecular complexity index is 1050. The summed E-state index contributed by atoms with van der Waals surface area (Å²) < 4.78 is 0. The van der Waals surface area contributed by atoms with Gasteiger partial charge in [0, 0.05) is 43.0 Å². The van der Waals surface area contributed by atoms with Crippen LogP contribution < -0.4 is 10.6 Å². The van der Waals surface area contributed by atoms with Gasteiger partial charge < -0.3 is 20.4 Å². The van der Waals surface area contributed by atoms with E-state index in [2.05, 4.69) is 53.2 Å². The minimum atomic E-state index is -0.218. The lowest BCUT2D eigenvalue weighted by Gasteiger charge is -2.36. The maximum Gasteiger partial charge on any atom is 0.280 e. The zero-order chi connectivity index (χ0) is 23.9. The van der Waals surface area contributed by atoms with Gasteiger partial charge in [0.15, 0.2) is 5.01 Å². The highest BCUT2D eigenvalue weighted by Gasteiger charge is 2.33. The van der Waals surface area contributed by atoms with Crippen molar-refractivity contribution in [1.29, 1.82) is 0 Å². The summed E-state index contributed by atoms with van der Waals surface area (Å²) in [5.74, 6) is 0.454. The number of carbonyl (C=O) groups excluding carboxylic acids is 2. The Kier molecular flexibility index (Phi) is 6.46. The van der Waals surface area contributed by atoms with Crippen molar-refractivity contribution in [3.63, 3.8) is 0 Å². The van der Waals surface area contributed by atoms with Gasteiger partial charge in [0.1, 0.15) is 11.5 Å². The van der Waals surface area contributed by atoms with Crippen LogP contribution >= 0.6 is 11.3 Å². The van der Waals surface area contributed by atoms with E-state index in [1.54, 1.807) is 6.20 Å². The van der Waals surface area contributed by atoms with Gasteiger partial charge in [0.05, 0.1) is 10.9 Å². The Morgan fingerprint density at radius 2 is 1.97 bits per heavy atom. The second-order valence-electron chi connectivity index (χ2n) is 10.3. The summed E-state index contributed by atoms with van der Waals surface area (Å²) in [6.07, 6.45) is 3.76. The van der Waals surface area contributed by atoms with Gasteiger partial charge in [-0.15, -0.1) is 11.3 Å². The molecule has 2 aromatic rings. The van der Waals surface area contributed by atoms with E-state index in [-0.39, 0.29) is 29.4 Å². The van der Waals surface area contributed by atoms with Crippen LogP contribution in [0.15, 0.2) is 12.3 Å². The van der Waals surface area contributed by atoms with Gasteiger partial charge >= 0.3 is 0 Å². The summed E-state index contributed by atoms with van der Waals surface area (Å²) in [6.45, 7) is 12.7. The van der Waals surface area contributed by atoms with Crippen molar-refractivity contribution in [3.8, 4) is 10.4 Å². The van der Waals surface area contributed by atoms with Crippen molar-refractivity contribution in [2.75, 3.05) is 32.0 Å². The van der Waals surface area contributed by atoms with Gasteiger partial charge in [0.2, 0.25) is 0 Å². The number of rotatable bonds is 5. The molecule has 9 heteroatoms. The van der Waals surface area contributed by atoms with Gasteiger partial charge in [-0.3, -0.25) is 9.59 Å². The third-order valence-corrected chi connectivity index (χ3v) is 7.18. The molecule has 0 radical (unpaired) electrons. The van der Waals surface area contributed by atoms with E-state index in [1.807, 2.05) is 24.9 Å². The number of nitrogens with zero attached hydrogens (tertiary/aromatic N) is 4. The van der Waals surface area contributed by atoms with Gasteiger partial charge in [-0.2, -0.15) is 0 Å². The largest absolute Gasteiger partial charge is 0.365 e. The lowest BCUT2D eigenvalue weighted by molar-refractivity contribution is 0.0743. The molecular formula is C24H34N6O2S. The van der Waals surface area contributed by atoms with E-state index in [0.29, 0.717) is 15.6 Å². The van der Waals surface area contributed by atoms with E-state index in [4.69, 9.17) is 0 Å². The highest BCUT2D eigenvalue weighted by molar-refractivity contribution is 7.17. The minimum Gasteiger partial charge on any atom is -0.365 e. The average molecular weight is 471 g/mol. The smallest absolute Gasteiger partial charge is 0.280 e. The van der Waals surface area contributed by atoms with Crippen LogP contribution in [-0.4, -0.2) is 75.9 Å². The van der Waals surface area contributed by atoms with Crippen LogP contribution in [-0.2, 0) is 0 Å². The highest BCUT2D eigenvalue weighted by Crippen LogP contribution is 2.35. The molecule has 0 spiro atoms. The summed E-state index contributed by atoms with van der Waals surface area (Å²) in [5.41, 5.74) is 2.06. The zero-order valence-electron chi connectivity index (χ0n) is 20.4. The molecule has 8 nitrogen and oxygen atoms in total. The third kappa shape index (κ3) is 5.19. The minimum absolute atomic E-state index is 0.107. The Balaban J connectivity index is 1.68. The van der Waals surface area contributed by atoms with Crippen molar-refractivity contribution in [2.45, 2.75) is 65.1 Å². The zero-order valence-corrected chi connectivity index (χ0v) is 21.2. The predicted octanol–water partition coefficient (Wildman–Crippen LogP) is 3.39. The predicted molar refractivity (Wildman–Crippen MR) is 132 cm³/mol. The fourth-order valence-corrected chi connectivity index (χ4v) is 5.43. The fraction of sp³-hybridized carbons (Fsp3) is 0.583. The average Bonchev–Trinajstić information content (AvgIpc) is 3.32. The lowest BCUT2D eigenvalue weighted by Crippen LogP contribution is -2.57. The van der Waals surface area contributed by atoms with Crippen LogP contribution in [0.3, 0.4) is 0 Å². The van der Waals surface area contributed by atoms with Gasteiger partial charge in [-0.25, -0.2) is 9.97 Å². The molecular weight excluding hydrogens is 436 g/mol. The van der Waals surface area contributed by atoms with Gasteiger partial charge in [-0.1, -0.05) is 0 Å². The number of aryl methyl sites for hydroxylation is 1. The topological polar surface area (TPSA) is 90.5 Å². The van der Waals surface area contributed by atoms with E-state index >= 15 is 0 Å². The van der Waals surface area contributed by atoms with Crippen molar-refractivity contribution < 1.29 is 9.59 Å². The van der Waals surface area contributed by atoms with Crippen LogP contribution in [0.5, 0.6) is 0 Å². The summed E-state index contributed by atoms with van der Waals surface area (Å²) in [5, 5.41) is 6.75. The second-order valence-corrected chi connectivity index (χ2v) is 11.3. The number of thiazole rings is 1. The number of hydrogen-bond donors (Lipinski definition) is 2. The molecule has 2 amide bonds. The molecule has 2 N–H and O–H groups in total. The van der Waals surface area contributed by atoms with Crippen molar-refractivity contribution >= 4 is 29.0 Å². The van der Waals surface area contributed by atoms with E-state index in [0.717, 1.165) is 49.4 Å². The summed E-state index contributed by atoms with van der Waals surface area (Å²) in [6, 6.07) is 2.28. The summed E-state index contributed by atoms with van der Waals surface area (Å²) in [7, 11) is 2.02. The molecule has 1 atom stereocenters. The number of amides is 2. The molecule has 0 unspecified atom stereocenters. The normalized spacial score (nSPS) is 19.5. The molecule has 0 aliphatic carbocycles. The van der Waals surface area contributed by atoms with Crippen LogP contribution in [0.2, 0.25) is 0 Å². The van der Waals surface area contributed by atoms with Crippen molar-refractivity contribution in [2.24, 2.45) is 0 Å². The standard InChI is InChI=1S/C24H34N6O2S/c1-14-10-18(28-24(3,4)5)25-11-17(14)20-19(23(32)30-9-7-8-15(30)2)27-22(33-20)21(31)26-16-12-29(6)13-16/h10-11,15-16H,7-9,12-13H2,1-6H3,(H,25,28)(H,26,31)/t15-/m0/s1. The number of nitrogens with one attached hydrogen (secondary N) is 2. The first kappa shape index (κ1) is 23.6. The van der Waals surface area contributed by atoms with Crippen LogP contribution in [0.1, 0.15) is 66.4 Å². The monoisotopic (exact) mass is 470 g/mol. The first-order valence-corrected chi connectivity index (χ1v) is 12.4. The number of anilines is 1. The Labute approximate surface area is 199 Å². The number of aromatic nitrogens is 2. The number of likely N-dealkylation sites (N-methyl/N-ethyl adjacent to an activating group) is 1. The van der Waals surface area contributed by atoms with Crippen LogP contribution in [0, 0.1) is 6.92 Å². The molecule has 0 saturated carbocycles. The van der Waals surface area contributed by atoms with E-state index < -0.39 is 0 Å². The maximum atomic E-state index is 13.5. The van der Waals surface area contributed by atoms with Gasteiger partial charge in [-0.05, 0) is 66.1 Å². The van der Waals surface area contributed by atoms with Crippen molar-refractivity contribution in [3.05, 3.63) is 28.5 Å². The molecule has 2 aliphatic rings. The Morgan fingerprint density at radius 1 is 1.24 bits per heavy atom. The third-order valence-electron chi connectivity index (χ3n) is 6.10. The number of hydrogen-bond acceptors (Lipinski definition) is 7. The molecule has 33 heavy (non-hydrogen) atoms. The molecule has 2 aliphatic heterocycles. The summed E-state index contributed by atoms with van der Waals surface area (Å²) in [4.78, 5) is 40.3. The first-order valence-electron chi connectivity index (χ1n) is 11.6. The summed E-state index contributed by atoms with van der Waals surface area (Å²) >= 11 is 1.27. The molecule has 2 aromatic heterocycles. The Morgan fingerprint density at radius 3 is 2.55 bits per heavy atom.